The van der Waals surface area contributed by atoms with Crippen LogP contribution in [-0.4, -0.2) is 148 Å². The van der Waals surface area contributed by atoms with Gasteiger partial charge in [0, 0.05) is 6.92 Å². The van der Waals surface area contributed by atoms with Gasteiger partial charge >= 0.3 is 90.3 Å². The number of rotatable bonds is 15. The van der Waals surface area contributed by atoms with Crippen molar-refractivity contribution in [1.29, 1.82) is 0 Å². The molecule has 0 aromatic heterocycles. The minimum absolute atomic E-state index is 0. The van der Waals surface area contributed by atoms with Gasteiger partial charge in [0.25, 0.3) is 0 Å². The molecule has 9 N–H and O–H groups in total. The van der Waals surface area contributed by atoms with Crippen molar-refractivity contribution in [1.82, 2.24) is 5.32 Å². The summed E-state index contributed by atoms with van der Waals surface area (Å²) in [6.45, 7) is -1.40. The molecule has 1 amide bonds. The quantitative estimate of drug-likeness (QED) is 0.0441. The number of hydrogen-bond donors (Lipinski definition) is 8. The summed E-state index contributed by atoms with van der Waals surface area (Å²) in [5.41, 5.74) is 5.42. The van der Waals surface area contributed by atoms with E-state index in [1.54, 1.807) is 0 Å². The van der Waals surface area contributed by atoms with Crippen LogP contribution in [0.1, 0.15) is 13.3 Å². The Morgan fingerprint density at radius 1 is 0.795 bits per heavy atom. The first-order valence-electron chi connectivity index (χ1n) is 11.7. The molecule has 0 radical (unpaired) electrons. The van der Waals surface area contributed by atoms with Crippen LogP contribution in [0.5, 0.6) is 0 Å². The smallest absolute Gasteiger partial charge is 0.387 e. The van der Waals surface area contributed by atoms with Gasteiger partial charge in [-0.3, -0.25) is 18.5 Å². The molecule has 248 valence electrons. The number of aliphatic hydroxyl groups excluding tert-OH is 3. The van der Waals surface area contributed by atoms with E-state index >= 15 is 0 Å². The standard InChI is InChI=1S/C17H32N2O20S3.2Na/c1-7(20)19-10-15(39-42(30,31)32)14(9(6-35-41(27,28)29)37-16(10)33-4-2-3-18)38-17-13(23)12(22)11(21)8(36-17)5-34-40(24,25)26;;/h8-17,21-23H,2-6,18H2,1H3,(H,19,20)(H,24,25,26)(H,27,28,29)(H,30,31,32);;/q;2*+1/t8-,9-,10-,11+,12+,13-,14-,15-,16-,17+;;/m1../s1. The van der Waals surface area contributed by atoms with E-state index in [1.807, 2.05) is 0 Å². The van der Waals surface area contributed by atoms with Crippen LogP contribution in [0, 0.1) is 0 Å². The molecule has 2 fully saturated rings. The number of amides is 1. The fraction of sp³-hybridized carbons (Fsp3) is 0.941. The van der Waals surface area contributed by atoms with Gasteiger partial charge in [0.05, 0.1) is 19.8 Å². The number of nitrogens with one attached hydrogen (secondary N) is 1. The summed E-state index contributed by atoms with van der Waals surface area (Å²) in [6, 6.07) is -1.69. The van der Waals surface area contributed by atoms with Crippen molar-refractivity contribution < 1.29 is 150 Å². The first-order chi connectivity index (χ1) is 19.2. The third-order valence-corrected chi connectivity index (χ3v) is 6.94. The molecule has 0 spiro atoms. The van der Waals surface area contributed by atoms with Crippen molar-refractivity contribution in [2.75, 3.05) is 26.4 Å². The Labute approximate surface area is 296 Å². The second kappa shape index (κ2) is 19.1. The van der Waals surface area contributed by atoms with Crippen molar-refractivity contribution >= 4 is 37.1 Å². The molecule has 0 saturated carbocycles. The van der Waals surface area contributed by atoms with Crippen LogP contribution in [0.4, 0.5) is 0 Å². The summed E-state index contributed by atoms with van der Waals surface area (Å²) in [7, 11) is -15.7. The first-order valence-corrected chi connectivity index (χ1v) is 15.8. The van der Waals surface area contributed by atoms with Crippen LogP contribution in [0.15, 0.2) is 0 Å². The van der Waals surface area contributed by atoms with E-state index in [9.17, 15) is 49.9 Å². The van der Waals surface area contributed by atoms with Gasteiger partial charge in [0.2, 0.25) is 5.91 Å². The topological polar surface area (TPSA) is 344 Å². The van der Waals surface area contributed by atoms with Gasteiger partial charge in [-0.25, -0.2) is 12.5 Å². The van der Waals surface area contributed by atoms with Gasteiger partial charge in [-0.1, -0.05) is 0 Å². The largest absolute Gasteiger partial charge is 1.00 e. The molecule has 0 unspecified atom stereocenters. The summed E-state index contributed by atoms with van der Waals surface area (Å²) in [4.78, 5) is 12.0. The number of nitrogens with two attached hydrogens (primary N) is 1. The maximum absolute atomic E-state index is 12.0. The van der Waals surface area contributed by atoms with Crippen LogP contribution < -0.4 is 70.2 Å². The van der Waals surface area contributed by atoms with Gasteiger partial charge in [0.15, 0.2) is 12.6 Å². The van der Waals surface area contributed by atoms with Crippen molar-refractivity contribution in [2.45, 2.75) is 74.7 Å². The number of carbonyl (C=O) groups is 1. The van der Waals surface area contributed by atoms with Gasteiger partial charge < -0.3 is 45.3 Å². The minimum atomic E-state index is -5.43. The molecule has 2 aliphatic rings. The molecule has 2 saturated heterocycles. The van der Waals surface area contributed by atoms with Crippen molar-refractivity contribution in [3.63, 3.8) is 0 Å². The second-order valence-corrected chi connectivity index (χ2v) is 12.0. The van der Waals surface area contributed by atoms with Crippen molar-refractivity contribution in [3.05, 3.63) is 0 Å². The average molecular weight is 727 g/mol. The molecule has 22 nitrogen and oxygen atoms in total. The molecule has 10 atom stereocenters. The molecule has 2 aliphatic heterocycles. The fourth-order valence-corrected chi connectivity index (χ4v) is 5.02. The molecule has 2 heterocycles. The normalized spacial score (nSPS) is 33.1. The van der Waals surface area contributed by atoms with Crippen LogP contribution in [-0.2, 0) is 67.5 Å². The minimum Gasteiger partial charge on any atom is -0.387 e. The molecule has 0 aliphatic carbocycles. The average Bonchev–Trinajstić information content (AvgIpc) is 2.83. The Bertz CT molecular complexity index is 1230. The Morgan fingerprint density at radius 3 is 1.80 bits per heavy atom. The van der Waals surface area contributed by atoms with E-state index in [4.69, 9.17) is 38.0 Å². The summed E-state index contributed by atoms with van der Waals surface area (Å²) in [6.07, 6.45) is -17.9. The summed E-state index contributed by atoms with van der Waals surface area (Å²) in [5.74, 6) is -0.832. The fourth-order valence-electron chi connectivity index (χ4n) is 3.90. The van der Waals surface area contributed by atoms with E-state index < -0.39 is 112 Å². The number of hydrogen-bond acceptors (Lipinski definition) is 18. The van der Waals surface area contributed by atoms with E-state index in [1.165, 1.54) is 0 Å². The zero-order valence-electron chi connectivity index (χ0n) is 23.5. The summed E-state index contributed by atoms with van der Waals surface area (Å²) in [5, 5.41) is 33.1. The van der Waals surface area contributed by atoms with Gasteiger partial charge in [-0.05, 0) is 13.0 Å². The van der Waals surface area contributed by atoms with Gasteiger partial charge in [-0.2, -0.15) is 25.3 Å². The van der Waals surface area contributed by atoms with Crippen molar-refractivity contribution in [3.8, 4) is 0 Å². The van der Waals surface area contributed by atoms with E-state index in [0.29, 0.717) is 0 Å². The molecule has 27 heteroatoms. The molecule has 44 heavy (non-hydrogen) atoms. The van der Waals surface area contributed by atoms with E-state index in [2.05, 4.69) is 13.7 Å². The maximum atomic E-state index is 12.0. The van der Waals surface area contributed by atoms with Gasteiger partial charge in [-0.15, -0.1) is 0 Å². The van der Waals surface area contributed by atoms with Crippen LogP contribution >= 0.6 is 0 Å². The maximum Gasteiger partial charge on any atom is 1.00 e. The molecule has 0 aromatic carbocycles. The Morgan fingerprint density at radius 2 is 1.32 bits per heavy atom. The second-order valence-electron chi connectivity index (χ2n) is 8.81. The van der Waals surface area contributed by atoms with Crippen LogP contribution in [0.25, 0.3) is 0 Å². The molecule has 0 aromatic rings. The van der Waals surface area contributed by atoms with Crippen LogP contribution in [0.2, 0.25) is 0 Å². The molecule has 2 rings (SSSR count). The first kappa shape index (κ1) is 44.8. The third-order valence-electron chi connectivity index (χ3n) is 5.60. The summed E-state index contributed by atoms with van der Waals surface area (Å²) < 4.78 is 130. The zero-order chi connectivity index (χ0) is 32.0. The van der Waals surface area contributed by atoms with Gasteiger partial charge in [0.1, 0.15) is 48.8 Å². The predicted octanol–water partition coefficient (Wildman–Crippen LogP) is -11.4. The number of ether oxygens (including phenoxy) is 4. The molecular weight excluding hydrogens is 694 g/mol. The molecule has 0 bridgehead atoms. The number of carbonyl (C=O) groups excluding carboxylic acids is 1. The predicted molar refractivity (Wildman–Crippen MR) is 129 cm³/mol. The van der Waals surface area contributed by atoms with E-state index in [-0.39, 0.29) is 78.7 Å². The Hall–Kier alpha value is 0.760. The zero-order valence-corrected chi connectivity index (χ0v) is 30.0. The Kier molecular flexibility index (Phi) is 19.4. The Balaban J connectivity index is 0.00000924. The summed E-state index contributed by atoms with van der Waals surface area (Å²) >= 11 is 0. The van der Waals surface area contributed by atoms with E-state index in [0.717, 1.165) is 6.92 Å². The SMILES string of the molecule is CC(=O)N[C@H]1[C@H](OCCCN)O[C@H](COS(=O)(=O)O)[C@@H](O[C@@H]2O[C@H](COS(=O)(=O)O)[C@H](O)[C@H](O)[C@H]2O)[C@@H]1OS(=O)(=O)O.[Na+].[Na+]. The third kappa shape index (κ3) is 14.9. The number of aliphatic hydroxyl groups is 3. The van der Waals surface area contributed by atoms with Crippen molar-refractivity contribution in [2.24, 2.45) is 5.73 Å². The van der Waals surface area contributed by atoms with Crippen LogP contribution in [0.3, 0.4) is 0 Å². The molecular formula is C17H32N2Na2O20S3+2. The monoisotopic (exact) mass is 726 g/mol.